The summed E-state index contributed by atoms with van der Waals surface area (Å²) in [7, 11) is -3.44. The van der Waals surface area contributed by atoms with Gasteiger partial charge in [0.1, 0.15) is 0 Å². The van der Waals surface area contributed by atoms with E-state index in [1.54, 1.807) is 0 Å². The number of rotatable bonds is 6. The van der Waals surface area contributed by atoms with Crippen molar-refractivity contribution in [1.29, 1.82) is 0 Å². The third kappa shape index (κ3) is 4.00. The van der Waals surface area contributed by atoms with Crippen molar-refractivity contribution in [3.05, 3.63) is 29.8 Å². The van der Waals surface area contributed by atoms with Crippen molar-refractivity contribution in [3.8, 4) is 0 Å². The zero-order valence-corrected chi connectivity index (χ0v) is 15.5. The summed E-state index contributed by atoms with van der Waals surface area (Å²) in [5.41, 5.74) is 0.478. The van der Waals surface area contributed by atoms with Crippen molar-refractivity contribution in [3.63, 3.8) is 0 Å². The molecular weight excluding hydrogens is 374 g/mol. The van der Waals surface area contributed by atoms with Gasteiger partial charge in [-0.3, -0.25) is 24.0 Å². The van der Waals surface area contributed by atoms with Crippen molar-refractivity contribution in [2.45, 2.75) is 31.7 Å². The molecule has 10 heteroatoms. The van der Waals surface area contributed by atoms with Gasteiger partial charge in [0.25, 0.3) is 0 Å². The number of amides is 4. The van der Waals surface area contributed by atoms with Gasteiger partial charge < -0.3 is 0 Å². The Balaban J connectivity index is 1.71. The molecule has 0 bridgehead atoms. The molecule has 1 N–H and O–H groups in total. The summed E-state index contributed by atoms with van der Waals surface area (Å²) in [4.78, 5) is 50.8. The number of sulfonamides is 1. The molecule has 2 fully saturated rings. The Morgan fingerprint density at radius 1 is 1.07 bits per heavy atom. The molecule has 1 aliphatic heterocycles. The highest BCUT2D eigenvalue weighted by Crippen LogP contribution is 2.27. The fourth-order valence-corrected chi connectivity index (χ4v) is 3.88. The fraction of sp³-hybridized carbons (Fsp3) is 0.412. The minimum Gasteiger partial charge on any atom is -0.292 e. The number of benzene rings is 1. The molecule has 1 aromatic carbocycles. The maximum atomic E-state index is 12.5. The van der Waals surface area contributed by atoms with Crippen LogP contribution in [0.1, 0.15) is 36.0 Å². The second-order valence-electron chi connectivity index (χ2n) is 6.66. The Bertz CT molecular complexity index is 903. The standard InChI is InChI=1S/C17H19N3O6S/c1-27(25,26)18-12-8-6-11(7-9-12)14(21)10-19-15(22)16(23)20(17(19)24)13-4-2-3-5-13/h6-9,13,18H,2-5,10H2,1H3. The molecule has 0 aromatic heterocycles. The zero-order valence-electron chi connectivity index (χ0n) is 14.7. The van der Waals surface area contributed by atoms with Gasteiger partial charge in [0.15, 0.2) is 5.78 Å². The van der Waals surface area contributed by atoms with Crippen molar-refractivity contribution >= 4 is 39.3 Å². The molecule has 144 valence electrons. The maximum absolute atomic E-state index is 12.5. The Labute approximate surface area is 156 Å². The van der Waals surface area contributed by atoms with E-state index in [-0.39, 0.29) is 17.3 Å². The minimum absolute atomic E-state index is 0.196. The molecule has 3 rings (SSSR count). The smallest absolute Gasteiger partial charge is 0.292 e. The predicted molar refractivity (Wildman–Crippen MR) is 95.5 cm³/mol. The lowest BCUT2D eigenvalue weighted by molar-refractivity contribution is -0.143. The van der Waals surface area contributed by atoms with Crippen molar-refractivity contribution in [1.82, 2.24) is 9.80 Å². The van der Waals surface area contributed by atoms with E-state index in [1.807, 2.05) is 0 Å². The molecule has 9 nitrogen and oxygen atoms in total. The summed E-state index contributed by atoms with van der Waals surface area (Å²) >= 11 is 0. The average molecular weight is 393 g/mol. The van der Waals surface area contributed by atoms with Crippen LogP contribution in [0.2, 0.25) is 0 Å². The second kappa shape index (κ2) is 7.10. The molecule has 1 aromatic rings. The molecule has 0 atom stereocenters. The van der Waals surface area contributed by atoms with E-state index in [0.29, 0.717) is 17.7 Å². The summed E-state index contributed by atoms with van der Waals surface area (Å²) in [6, 6.07) is 4.54. The summed E-state index contributed by atoms with van der Waals surface area (Å²) < 4.78 is 24.7. The molecule has 1 heterocycles. The van der Waals surface area contributed by atoms with Crippen LogP contribution in [-0.4, -0.2) is 60.7 Å². The Kier molecular flexibility index (Phi) is 5.01. The van der Waals surface area contributed by atoms with E-state index in [9.17, 15) is 27.6 Å². The molecule has 1 aliphatic carbocycles. The zero-order chi connectivity index (χ0) is 19.8. The van der Waals surface area contributed by atoms with E-state index in [2.05, 4.69) is 4.72 Å². The van der Waals surface area contributed by atoms with Crippen molar-refractivity contribution < 1.29 is 27.6 Å². The van der Waals surface area contributed by atoms with Crippen molar-refractivity contribution in [2.75, 3.05) is 17.5 Å². The summed E-state index contributed by atoms with van der Waals surface area (Å²) in [6.07, 6.45) is 4.12. The first kappa shape index (κ1) is 19.0. The minimum atomic E-state index is -3.44. The highest BCUT2D eigenvalue weighted by Gasteiger charge is 2.48. The van der Waals surface area contributed by atoms with E-state index in [4.69, 9.17) is 0 Å². The number of carbonyl (C=O) groups is 4. The SMILES string of the molecule is CS(=O)(=O)Nc1ccc(C(=O)CN2C(=O)C(=O)N(C3CCCC3)C2=O)cc1. The summed E-state index contributed by atoms with van der Waals surface area (Å²) in [6.45, 7) is -0.536. The summed E-state index contributed by atoms with van der Waals surface area (Å²) in [5, 5.41) is 0. The van der Waals surface area contributed by atoms with Crippen LogP contribution in [0.5, 0.6) is 0 Å². The first-order valence-corrected chi connectivity index (χ1v) is 10.4. The first-order chi connectivity index (χ1) is 12.7. The molecule has 0 spiro atoms. The quantitative estimate of drug-likeness (QED) is 0.437. The normalized spacial score (nSPS) is 18.5. The van der Waals surface area contributed by atoms with Gasteiger partial charge >= 0.3 is 17.8 Å². The molecular formula is C17H19N3O6S. The predicted octanol–water partition coefficient (Wildman–Crippen LogP) is 0.974. The van der Waals surface area contributed by atoms with Crippen LogP contribution < -0.4 is 4.72 Å². The maximum Gasteiger partial charge on any atom is 0.334 e. The number of nitrogens with zero attached hydrogens (tertiary/aromatic N) is 2. The molecule has 2 aliphatic rings. The second-order valence-corrected chi connectivity index (χ2v) is 8.41. The number of carbonyl (C=O) groups excluding carboxylic acids is 4. The van der Waals surface area contributed by atoms with Crippen molar-refractivity contribution in [2.24, 2.45) is 0 Å². The Morgan fingerprint density at radius 2 is 1.67 bits per heavy atom. The van der Waals surface area contributed by atoms with Gasteiger partial charge in [-0.15, -0.1) is 0 Å². The van der Waals surface area contributed by atoms with Crippen LogP contribution in [-0.2, 0) is 19.6 Å². The Morgan fingerprint density at radius 3 is 2.22 bits per heavy atom. The lowest BCUT2D eigenvalue weighted by atomic mass is 10.1. The highest BCUT2D eigenvalue weighted by atomic mass is 32.2. The van der Waals surface area contributed by atoms with Crippen LogP contribution in [0.25, 0.3) is 0 Å². The lowest BCUT2D eigenvalue weighted by Crippen LogP contribution is -2.41. The number of hydrogen-bond acceptors (Lipinski definition) is 6. The molecule has 1 saturated carbocycles. The van der Waals surface area contributed by atoms with Crippen LogP contribution >= 0.6 is 0 Å². The number of urea groups is 1. The summed E-state index contributed by atoms with van der Waals surface area (Å²) in [5.74, 6) is -2.40. The number of Topliss-reactive ketones (excluding diaryl/α,β-unsaturated/α-hetero) is 1. The molecule has 0 unspecified atom stereocenters. The van der Waals surface area contributed by atoms with Crippen LogP contribution in [0.3, 0.4) is 0 Å². The van der Waals surface area contributed by atoms with Crippen LogP contribution in [0, 0.1) is 0 Å². The molecule has 1 saturated heterocycles. The monoisotopic (exact) mass is 393 g/mol. The fourth-order valence-electron chi connectivity index (χ4n) is 3.32. The van der Waals surface area contributed by atoms with Gasteiger partial charge in [-0.2, -0.15) is 0 Å². The van der Waals surface area contributed by atoms with E-state index in [1.165, 1.54) is 24.3 Å². The lowest BCUT2D eigenvalue weighted by Gasteiger charge is -2.20. The van der Waals surface area contributed by atoms with Crippen LogP contribution in [0.15, 0.2) is 24.3 Å². The number of anilines is 1. The molecule has 27 heavy (non-hydrogen) atoms. The Hall–Kier alpha value is -2.75. The van der Waals surface area contributed by atoms with Gasteiger partial charge in [0, 0.05) is 17.3 Å². The highest BCUT2D eigenvalue weighted by molar-refractivity contribution is 7.92. The number of ketones is 1. The van der Waals surface area contributed by atoms with E-state index < -0.39 is 40.2 Å². The van der Waals surface area contributed by atoms with E-state index in [0.717, 1.165) is 24.0 Å². The molecule has 4 amide bonds. The van der Waals surface area contributed by atoms with Gasteiger partial charge in [0.05, 0.1) is 12.8 Å². The number of nitrogens with one attached hydrogen (secondary N) is 1. The van der Waals surface area contributed by atoms with Gasteiger partial charge in [-0.1, -0.05) is 12.8 Å². The van der Waals surface area contributed by atoms with Crippen LogP contribution in [0.4, 0.5) is 10.5 Å². The number of hydrogen-bond donors (Lipinski definition) is 1. The van der Waals surface area contributed by atoms with E-state index >= 15 is 0 Å². The molecule has 0 radical (unpaired) electrons. The third-order valence-electron chi connectivity index (χ3n) is 4.59. The van der Waals surface area contributed by atoms with Gasteiger partial charge in [-0.25, -0.2) is 18.1 Å². The third-order valence-corrected chi connectivity index (χ3v) is 5.19. The average Bonchev–Trinajstić information content (AvgIpc) is 3.18. The largest absolute Gasteiger partial charge is 0.334 e. The number of imide groups is 2. The van der Waals surface area contributed by atoms with Gasteiger partial charge in [-0.05, 0) is 37.1 Å². The first-order valence-electron chi connectivity index (χ1n) is 8.47. The van der Waals surface area contributed by atoms with Gasteiger partial charge in [0.2, 0.25) is 10.0 Å². The topological polar surface area (TPSA) is 121 Å².